The summed E-state index contributed by atoms with van der Waals surface area (Å²) in [6.07, 6.45) is 9.10. The maximum Gasteiger partial charge on any atom is 0.338 e. The highest BCUT2D eigenvalue weighted by molar-refractivity contribution is 5.89. The maximum atomic E-state index is 12.5. The first-order chi connectivity index (χ1) is 13.2. The van der Waals surface area contributed by atoms with Crippen molar-refractivity contribution >= 4 is 5.97 Å². The smallest absolute Gasteiger partial charge is 0.338 e. The highest BCUT2D eigenvalue weighted by Crippen LogP contribution is 2.23. The molecule has 2 aromatic rings. The average Bonchev–Trinajstić information content (AvgIpc) is 2.72. The monoisotopic (exact) mass is 366 g/mol. The van der Waals surface area contributed by atoms with Crippen LogP contribution in [0.1, 0.15) is 92.4 Å². The van der Waals surface area contributed by atoms with Crippen LogP contribution in [0.15, 0.2) is 48.5 Å². The molecule has 0 saturated heterocycles. The summed E-state index contributed by atoms with van der Waals surface area (Å²) in [4.78, 5) is 12.5. The first kappa shape index (κ1) is 21.2. The first-order valence-electron chi connectivity index (χ1n) is 10.6. The summed E-state index contributed by atoms with van der Waals surface area (Å²) < 4.78 is 5.77. The standard InChI is InChI=1S/C25H34O2/c1-4-7-8-9-10-11-21-14-18-23(19-15-21)25(26)27-24(6-3)22-16-12-20(5-2)13-17-22/h12-19,24H,4-11H2,1-3H3. The van der Waals surface area contributed by atoms with Gasteiger partial charge in [0.2, 0.25) is 0 Å². The van der Waals surface area contributed by atoms with Crippen LogP contribution >= 0.6 is 0 Å². The molecule has 0 aliphatic rings. The summed E-state index contributed by atoms with van der Waals surface area (Å²) in [6.45, 7) is 6.43. The minimum absolute atomic E-state index is 0.193. The van der Waals surface area contributed by atoms with Crippen molar-refractivity contribution in [3.8, 4) is 0 Å². The van der Waals surface area contributed by atoms with E-state index < -0.39 is 0 Å². The van der Waals surface area contributed by atoms with Crippen molar-refractivity contribution in [2.24, 2.45) is 0 Å². The molecule has 0 fully saturated rings. The van der Waals surface area contributed by atoms with E-state index in [4.69, 9.17) is 4.74 Å². The van der Waals surface area contributed by atoms with E-state index in [-0.39, 0.29) is 12.1 Å². The summed E-state index contributed by atoms with van der Waals surface area (Å²) >= 11 is 0. The number of benzene rings is 2. The Morgan fingerprint density at radius 3 is 2.04 bits per heavy atom. The molecular formula is C25H34O2. The Kier molecular flexibility index (Phi) is 9.10. The molecule has 0 aliphatic heterocycles. The second-order valence-corrected chi connectivity index (χ2v) is 7.26. The van der Waals surface area contributed by atoms with Crippen LogP contribution in [0.5, 0.6) is 0 Å². The zero-order chi connectivity index (χ0) is 19.5. The zero-order valence-corrected chi connectivity index (χ0v) is 17.2. The number of aryl methyl sites for hydroxylation is 2. The van der Waals surface area contributed by atoms with E-state index in [2.05, 4.69) is 50.2 Å². The molecule has 2 rings (SSSR count). The minimum Gasteiger partial charge on any atom is -0.454 e. The van der Waals surface area contributed by atoms with Crippen LogP contribution in [0.3, 0.4) is 0 Å². The Hall–Kier alpha value is -2.09. The maximum absolute atomic E-state index is 12.5. The van der Waals surface area contributed by atoms with Gasteiger partial charge in [-0.1, -0.05) is 82.9 Å². The van der Waals surface area contributed by atoms with Gasteiger partial charge in [0.25, 0.3) is 0 Å². The highest BCUT2D eigenvalue weighted by Gasteiger charge is 2.16. The summed E-state index contributed by atoms with van der Waals surface area (Å²) in [5.41, 5.74) is 4.29. The Balaban J connectivity index is 1.89. The first-order valence-corrected chi connectivity index (χ1v) is 10.6. The van der Waals surface area contributed by atoms with Crippen molar-refractivity contribution in [3.63, 3.8) is 0 Å². The van der Waals surface area contributed by atoms with Crippen molar-refractivity contribution < 1.29 is 9.53 Å². The molecule has 0 heterocycles. The second kappa shape index (κ2) is 11.6. The molecule has 27 heavy (non-hydrogen) atoms. The third-order valence-electron chi connectivity index (χ3n) is 5.14. The molecule has 0 aliphatic carbocycles. The van der Waals surface area contributed by atoms with Crippen molar-refractivity contribution in [1.82, 2.24) is 0 Å². The van der Waals surface area contributed by atoms with Crippen LogP contribution in [0.25, 0.3) is 0 Å². The predicted octanol–water partition coefficient (Wildman–Crippen LogP) is 7.07. The molecule has 0 amide bonds. The summed E-state index contributed by atoms with van der Waals surface area (Å²) in [5, 5.41) is 0. The van der Waals surface area contributed by atoms with Gasteiger partial charge in [-0.05, 0) is 54.5 Å². The Bertz CT molecular complexity index is 670. The molecule has 2 nitrogen and oxygen atoms in total. The SMILES string of the molecule is CCCCCCCc1ccc(C(=O)OC(CC)c2ccc(CC)cc2)cc1. The second-order valence-electron chi connectivity index (χ2n) is 7.26. The molecule has 2 aromatic carbocycles. The largest absolute Gasteiger partial charge is 0.454 e. The lowest BCUT2D eigenvalue weighted by Gasteiger charge is -2.17. The number of carbonyl (C=O) groups is 1. The zero-order valence-electron chi connectivity index (χ0n) is 17.2. The van der Waals surface area contributed by atoms with Crippen LogP contribution < -0.4 is 0 Å². The molecule has 1 atom stereocenters. The number of hydrogen-bond acceptors (Lipinski definition) is 2. The average molecular weight is 367 g/mol. The van der Waals surface area contributed by atoms with Crippen molar-refractivity contribution in [2.45, 2.75) is 78.2 Å². The normalized spacial score (nSPS) is 12.0. The van der Waals surface area contributed by atoms with Gasteiger partial charge in [-0.15, -0.1) is 0 Å². The Labute approximate surface area is 165 Å². The molecule has 0 spiro atoms. The van der Waals surface area contributed by atoms with Gasteiger partial charge in [0.05, 0.1) is 5.56 Å². The lowest BCUT2D eigenvalue weighted by molar-refractivity contribution is 0.0288. The third kappa shape index (κ3) is 6.86. The molecular weight excluding hydrogens is 332 g/mol. The fraction of sp³-hybridized carbons (Fsp3) is 0.480. The number of unbranched alkanes of at least 4 members (excludes halogenated alkanes) is 4. The van der Waals surface area contributed by atoms with E-state index in [0.29, 0.717) is 5.56 Å². The molecule has 1 unspecified atom stereocenters. The van der Waals surface area contributed by atoms with Crippen LogP contribution in [-0.2, 0) is 17.6 Å². The molecule has 0 N–H and O–H groups in total. The van der Waals surface area contributed by atoms with Gasteiger partial charge in [0, 0.05) is 0 Å². The van der Waals surface area contributed by atoms with Crippen LogP contribution in [0.2, 0.25) is 0 Å². The molecule has 0 aromatic heterocycles. The molecule has 0 bridgehead atoms. The van der Waals surface area contributed by atoms with E-state index in [1.54, 1.807) is 0 Å². The number of rotatable bonds is 11. The Morgan fingerprint density at radius 1 is 0.815 bits per heavy atom. The minimum atomic E-state index is -0.240. The van der Waals surface area contributed by atoms with Crippen molar-refractivity contribution in [3.05, 3.63) is 70.8 Å². The number of ether oxygens (including phenoxy) is 1. The van der Waals surface area contributed by atoms with Gasteiger partial charge in [-0.3, -0.25) is 0 Å². The van der Waals surface area contributed by atoms with Gasteiger partial charge in [0.15, 0.2) is 0 Å². The fourth-order valence-electron chi connectivity index (χ4n) is 3.29. The lowest BCUT2D eigenvalue weighted by atomic mass is 10.0. The third-order valence-corrected chi connectivity index (χ3v) is 5.14. The van der Waals surface area contributed by atoms with Crippen LogP contribution in [0, 0.1) is 0 Å². The number of esters is 1. The van der Waals surface area contributed by atoms with Crippen molar-refractivity contribution in [2.75, 3.05) is 0 Å². The van der Waals surface area contributed by atoms with Gasteiger partial charge < -0.3 is 4.74 Å². The fourth-order valence-corrected chi connectivity index (χ4v) is 3.29. The van der Waals surface area contributed by atoms with E-state index in [9.17, 15) is 4.79 Å². The summed E-state index contributed by atoms with van der Waals surface area (Å²) in [7, 11) is 0. The topological polar surface area (TPSA) is 26.3 Å². The molecule has 2 heteroatoms. The summed E-state index contributed by atoms with van der Waals surface area (Å²) in [5.74, 6) is -0.240. The van der Waals surface area contributed by atoms with Crippen LogP contribution in [0.4, 0.5) is 0 Å². The lowest BCUT2D eigenvalue weighted by Crippen LogP contribution is -2.11. The number of hydrogen-bond donors (Lipinski definition) is 0. The van der Waals surface area contributed by atoms with Gasteiger partial charge in [-0.2, -0.15) is 0 Å². The van der Waals surface area contributed by atoms with Crippen LogP contribution in [-0.4, -0.2) is 5.97 Å². The van der Waals surface area contributed by atoms with E-state index in [1.807, 2.05) is 19.1 Å². The summed E-state index contributed by atoms with van der Waals surface area (Å²) in [6, 6.07) is 16.3. The predicted molar refractivity (Wildman–Crippen MR) is 113 cm³/mol. The van der Waals surface area contributed by atoms with Crippen molar-refractivity contribution in [1.29, 1.82) is 0 Å². The molecule has 0 saturated carbocycles. The quantitative estimate of drug-likeness (QED) is 0.314. The van der Waals surface area contributed by atoms with E-state index >= 15 is 0 Å². The van der Waals surface area contributed by atoms with Gasteiger partial charge in [-0.25, -0.2) is 4.79 Å². The van der Waals surface area contributed by atoms with E-state index in [0.717, 1.165) is 24.8 Å². The van der Waals surface area contributed by atoms with Gasteiger partial charge >= 0.3 is 5.97 Å². The van der Waals surface area contributed by atoms with Gasteiger partial charge in [0.1, 0.15) is 6.10 Å². The highest BCUT2D eigenvalue weighted by atomic mass is 16.5. The van der Waals surface area contributed by atoms with E-state index in [1.165, 1.54) is 43.2 Å². The molecule has 0 radical (unpaired) electrons. The Morgan fingerprint density at radius 2 is 1.44 bits per heavy atom. The molecule has 146 valence electrons. The number of carbonyl (C=O) groups excluding carboxylic acids is 1.